The lowest BCUT2D eigenvalue weighted by Crippen LogP contribution is -2.33. The lowest BCUT2D eigenvalue weighted by atomic mass is 9.98. The number of oxime groups is 1. The summed E-state index contributed by atoms with van der Waals surface area (Å²) in [7, 11) is 0. The van der Waals surface area contributed by atoms with Crippen LogP contribution in [0.4, 0.5) is 0 Å². The molecule has 1 amide bonds. The Morgan fingerprint density at radius 1 is 1.42 bits per heavy atom. The molecule has 4 rings (SSSR count). The van der Waals surface area contributed by atoms with E-state index in [-0.39, 0.29) is 11.5 Å². The summed E-state index contributed by atoms with van der Waals surface area (Å²) in [6, 6.07) is 0.374. The van der Waals surface area contributed by atoms with Gasteiger partial charge >= 0.3 is 0 Å². The SMILES string of the molecule is CC[C@@H](C)n1cnc(C(=O)N2CC3C(C2)C3C2=NOC(C)(C)C2)c1. The van der Waals surface area contributed by atoms with Crippen LogP contribution in [0.25, 0.3) is 0 Å². The van der Waals surface area contributed by atoms with Gasteiger partial charge in [0.2, 0.25) is 0 Å². The largest absolute Gasteiger partial charge is 0.389 e. The number of fused-ring (bicyclic) bond motifs is 1. The fourth-order valence-electron chi connectivity index (χ4n) is 4.11. The van der Waals surface area contributed by atoms with Crippen molar-refractivity contribution in [3.05, 3.63) is 18.2 Å². The highest BCUT2D eigenvalue weighted by molar-refractivity contribution is 5.94. The predicted octanol–water partition coefficient (Wildman–Crippen LogP) is 2.73. The van der Waals surface area contributed by atoms with Gasteiger partial charge in [0.15, 0.2) is 0 Å². The first-order chi connectivity index (χ1) is 11.4. The number of carbonyl (C=O) groups excluding carboxylic acids is 1. The average Bonchev–Trinajstić information content (AvgIpc) is 3.02. The molecule has 0 spiro atoms. The van der Waals surface area contributed by atoms with Gasteiger partial charge in [0.25, 0.3) is 5.91 Å². The summed E-state index contributed by atoms with van der Waals surface area (Å²) in [5.41, 5.74) is 1.60. The monoisotopic (exact) mass is 330 g/mol. The molecule has 0 radical (unpaired) electrons. The standard InChI is InChI=1S/C18H26N4O2/c1-5-11(2)22-9-15(19-10-22)17(23)21-7-12-13(8-21)16(12)14-6-18(3,4)24-20-14/h9-13,16H,5-8H2,1-4H3/t11-,12?,13?,16?/m1/s1. The summed E-state index contributed by atoms with van der Waals surface area (Å²) in [5, 5.41) is 4.29. The molecule has 3 atom stereocenters. The third-order valence-corrected chi connectivity index (χ3v) is 5.80. The molecule has 1 aliphatic carbocycles. The van der Waals surface area contributed by atoms with Crippen LogP contribution in [0.15, 0.2) is 17.7 Å². The molecule has 1 aromatic heterocycles. The number of piperidine rings is 1. The van der Waals surface area contributed by atoms with Crippen LogP contribution in [0.5, 0.6) is 0 Å². The molecule has 2 aliphatic heterocycles. The van der Waals surface area contributed by atoms with Gasteiger partial charge in [-0.25, -0.2) is 4.98 Å². The first kappa shape index (κ1) is 15.7. The molecule has 3 aliphatic rings. The van der Waals surface area contributed by atoms with E-state index in [4.69, 9.17) is 4.84 Å². The van der Waals surface area contributed by atoms with Crippen molar-refractivity contribution in [2.24, 2.45) is 22.9 Å². The van der Waals surface area contributed by atoms with Crippen LogP contribution in [0.2, 0.25) is 0 Å². The van der Waals surface area contributed by atoms with Crippen molar-refractivity contribution in [2.75, 3.05) is 13.1 Å². The number of likely N-dealkylation sites (tertiary alicyclic amines) is 1. The van der Waals surface area contributed by atoms with Gasteiger partial charge in [-0.3, -0.25) is 4.79 Å². The van der Waals surface area contributed by atoms with E-state index in [1.54, 1.807) is 6.33 Å². The maximum atomic E-state index is 12.7. The molecule has 6 nitrogen and oxygen atoms in total. The van der Waals surface area contributed by atoms with E-state index >= 15 is 0 Å². The lowest BCUT2D eigenvalue weighted by molar-refractivity contribution is 0.0123. The molecule has 3 heterocycles. The number of hydrogen-bond acceptors (Lipinski definition) is 4. The number of aromatic nitrogens is 2. The van der Waals surface area contributed by atoms with Crippen LogP contribution >= 0.6 is 0 Å². The smallest absolute Gasteiger partial charge is 0.274 e. The van der Waals surface area contributed by atoms with Gasteiger partial charge < -0.3 is 14.3 Å². The van der Waals surface area contributed by atoms with Gasteiger partial charge in [-0.1, -0.05) is 12.1 Å². The van der Waals surface area contributed by atoms with Gasteiger partial charge in [0.1, 0.15) is 11.3 Å². The summed E-state index contributed by atoms with van der Waals surface area (Å²) in [5.74, 6) is 1.70. The quantitative estimate of drug-likeness (QED) is 0.853. The number of nitrogens with zero attached hydrogens (tertiary/aromatic N) is 4. The summed E-state index contributed by atoms with van der Waals surface area (Å²) < 4.78 is 2.03. The maximum Gasteiger partial charge on any atom is 0.274 e. The highest BCUT2D eigenvalue weighted by atomic mass is 16.7. The molecule has 1 aromatic rings. The summed E-state index contributed by atoms with van der Waals surface area (Å²) >= 11 is 0. The second kappa shape index (κ2) is 5.33. The Balaban J connectivity index is 1.36. The molecule has 1 saturated heterocycles. The topological polar surface area (TPSA) is 59.7 Å². The Hall–Kier alpha value is -1.85. The van der Waals surface area contributed by atoms with Crippen molar-refractivity contribution >= 4 is 11.6 Å². The van der Waals surface area contributed by atoms with E-state index in [9.17, 15) is 4.79 Å². The van der Waals surface area contributed by atoms with E-state index in [1.165, 1.54) is 5.71 Å². The van der Waals surface area contributed by atoms with Gasteiger partial charge in [0.05, 0.1) is 12.0 Å². The van der Waals surface area contributed by atoms with Crippen LogP contribution in [0.1, 0.15) is 57.1 Å². The third-order valence-electron chi connectivity index (χ3n) is 5.80. The van der Waals surface area contributed by atoms with Crippen LogP contribution < -0.4 is 0 Å². The van der Waals surface area contributed by atoms with Crippen LogP contribution in [-0.4, -0.2) is 44.8 Å². The van der Waals surface area contributed by atoms with Crippen molar-refractivity contribution in [2.45, 2.75) is 52.2 Å². The predicted molar refractivity (Wildman–Crippen MR) is 90.8 cm³/mol. The normalized spacial score (nSPS) is 31.4. The highest BCUT2D eigenvalue weighted by Crippen LogP contribution is 2.54. The van der Waals surface area contributed by atoms with E-state index < -0.39 is 0 Å². The molecule has 0 bridgehead atoms. The zero-order chi connectivity index (χ0) is 17.1. The molecule has 130 valence electrons. The third kappa shape index (κ3) is 2.52. The van der Waals surface area contributed by atoms with E-state index in [2.05, 4.69) is 37.8 Å². The molecule has 24 heavy (non-hydrogen) atoms. The second-order valence-electron chi connectivity index (χ2n) is 8.14. The molecule has 0 aromatic carbocycles. The summed E-state index contributed by atoms with van der Waals surface area (Å²) in [6.07, 6.45) is 5.60. The van der Waals surface area contributed by atoms with Gasteiger partial charge in [0, 0.05) is 37.7 Å². The lowest BCUT2D eigenvalue weighted by Gasteiger charge is -2.19. The summed E-state index contributed by atoms with van der Waals surface area (Å²) in [4.78, 5) is 24.4. The number of rotatable bonds is 4. The number of imidazole rings is 1. The number of amides is 1. The van der Waals surface area contributed by atoms with Gasteiger partial charge in [-0.05, 0) is 39.0 Å². The highest BCUT2D eigenvalue weighted by Gasteiger charge is 2.60. The average molecular weight is 330 g/mol. The van der Waals surface area contributed by atoms with Crippen molar-refractivity contribution in [1.29, 1.82) is 0 Å². The van der Waals surface area contributed by atoms with Crippen molar-refractivity contribution in [1.82, 2.24) is 14.5 Å². The fraction of sp³-hybridized carbons (Fsp3) is 0.722. The molecule has 0 N–H and O–H groups in total. The van der Waals surface area contributed by atoms with E-state index in [1.807, 2.05) is 15.7 Å². The Morgan fingerprint density at radius 3 is 2.71 bits per heavy atom. The van der Waals surface area contributed by atoms with Crippen molar-refractivity contribution < 1.29 is 9.63 Å². The minimum Gasteiger partial charge on any atom is -0.389 e. The van der Waals surface area contributed by atoms with Crippen molar-refractivity contribution in [3.8, 4) is 0 Å². The zero-order valence-electron chi connectivity index (χ0n) is 14.9. The zero-order valence-corrected chi connectivity index (χ0v) is 14.9. The molecule has 1 saturated carbocycles. The van der Waals surface area contributed by atoms with Crippen LogP contribution in [0.3, 0.4) is 0 Å². The Labute approximate surface area is 142 Å². The molecule has 2 fully saturated rings. The molecule has 2 unspecified atom stereocenters. The second-order valence-corrected chi connectivity index (χ2v) is 8.14. The molecular weight excluding hydrogens is 304 g/mol. The molecular formula is C18H26N4O2. The molecule has 6 heteroatoms. The van der Waals surface area contributed by atoms with Crippen LogP contribution in [0, 0.1) is 17.8 Å². The Kier molecular flexibility index (Phi) is 3.48. The first-order valence-corrected chi connectivity index (χ1v) is 8.97. The van der Waals surface area contributed by atoms with Gasteiger partial charge in [-0.2, -0.15) is 0 Å². The van der Waals surface area contributed by atoms with E-state index in [0.29, 0.717) is 29.5 Å². The van der Waals surface area contributed by atoms with Crippen molar-refractivity contribution in [3.63, 3.8) is 0 Å². The summed E-state index contributed by atoms with van der Waals surface area (Å²) in [6.45, 7) is 10.1. The maximum absolute atomic E-state index is 12.7. The van der Waals surface area contributed by atoms with Gasteiger partial charge in [-0.15, -0.1) is 0 Å². The number of hydrogen-bond donors (Lipinski definition) is 0. The minimum absolute atomic E-state index is 0.0629. The number of carbonyl (C=O) groups is 1. The van der Waals surface area contributed by atoms with E-state index in [0.717, 1.165) is 25.9 Å². The fourth-order valence-corrected chi connectivity index (χ4v) is 4.11. The van der Waals surface area contributed by atoms with Crippen LogP contribution in [-0.2, 0) is 4.84 Å². The Bertz CT molecular complexity index is 681. The first-order valence-electron chi connectivity index (χ1n) is 8.97. The Morgan fingerprint density at radius 2 is 2.12 bits per heavy atom. The minimum atomic E-state index is -0.162.